The smallest absolute Gasteiger partial charge is 0.226 e. The van der Waals surface area contributed by atoms with E-state index in [2.05, 4.69) is 69.8 Å². The summed E-state index contributed by atoms with van der Waals surface area (Å²) in [5.74, 6) is 2.96. The number of benzene rings is 3. The summed E-state index contributed by atoms with van der Waals surface area (Å²) >= 11 is 6.06. The van der Waals surface area contributed by atoms with Crippen LogP contribution in [0.5, 0.6) is 5.75 Å². The lowest BCUT2D eigenvalue weighted by Gasteiger charge is -2.34. The predicted octanol–water partition coefficient (Wildman–Crippen LogP) is 8.33. The molecule has 2 fully saturated rings. The monoisotopic (exact) mass is 640 g/mol. The minimum Gasteiger partial charge on any atom is -0.486 e. The first-order valence-electron chi connectivity index (χ1n) is 17.4. The van der Waals surface area contributed by atoms with Crippen molar-refractivity contribution in [2.75, 3.05) is 32.7 Å². The third-order valence-electron chi connectivity index (χ3n) is 10.1. The minimum atomic E-state index is 0.0738. The average molecular weight is 641 g/mol. The standard InChI is InChI=1S/C39H49ClN4O2/c1-30-10-8-14-36-38(30)41-37(29-46-35-17-15-34(40)16-18-35)44(36)24-9-13-31-19-25-42(26-20-31)27-21-33(28-32-11-4-2-5-12-32)39(45)43-22-6-3-7-23-43/h2,4-5,8,10-12,14-18,31,33H,3,6-7,9,13,19-29H2,1H3. The summed E-state index contributed by atoms with van der Waals surface area (Å²) in [6, 6.07) is 24.5. The SMILES string of the molecule is Cc1cccc2c1nc(COc1ccc(Cl)cc1)n2CCCC1CCN(CCC(Cc2ccccc2)C(=O)N2CCCCC2)CC1. The molecule has 0 N–H and O–H groups in total. The van der Waals surface area contributed by atoms with Gasteiger partial charge in [0.15, 0.2) is 0 Å². The second-order valence-corrected chi connectivity index (χ2v) is 13.8. The van der Waals surface area contributed by atoms with Gasteiger partial charge in [-0.15, -0.1) is 0 Å². The number of carbonyl (C=O) groups is 1. The number of fused-ring (bicyclic) bond motifs is 1. The highest BCUT2D eigenvalue weighted by molar-refractivity contribution is 6.30. The number of amides is 1. The molecule has 3 aromatic carbocycles. The van der Waals surface area contributed by atoms with Gasteiger partial charge in [0.2, 0.25) is 5.91 Å². The third-order valence-corrected chi connectivity index (χ3v) is 10.3. The number of rotatable bonds is 13. The van der Waals surface area contributed by atoms with Gasteiger partial charge in [-0.05, 0) is 132 Å². The van der Waals surface area contributed by atoms with Crippen LogP contribution in [0.3, 0.4) is 0 Å². The summed E-state index contributed by atoms with van der Waals surface area (Å²) in [6.45, 7) is 8.65. The molecule has 2 saturated heterocycles. The zero-order valence-electron chi connectivity index (χ0n) is 27.4. The third kappa shape index (κ3) is 8.51. The Morgan fingerprint density at radius 3 is 2.43 bits per heavy atom. The van der Waals surface area contributed by atoms with Gasteiger partial charge in [-0.3, -0.25) is 4.79 Å². The van der Waals surface area contributed by atoms with E-state index in [-0.39, 0.29) is 5.92 Å². The maximum Gasteiger partial charge on any atom is 0.226 e. The molecule has 1 atom stereocenters. The molecule has 3 heterocycles. The summed E-state index contributed by atoms with van der Waals surface area (Å²) < 4.78 is 8.48. The molecule has 244 valence electrons. The minimum absolute atomic E-state index is 0.0738. The van der Waals surface area contributed by atoms with Crippen molar-refractivity contribution in [3.05, 3.63) is 94.8 Å². The summed E-state index contributed by atoms with van der Waals surface area (Å²) in [5, 5.41) is 0.705. The number of piperidine rings is 2. The number of likely N-dealkylation sites (tertiary alicyclic amines) is 2. The van der Waals surface area contributed by atoms with E-state index in [1.807, 2.05) is 24.3 Å². The Kier molecular flexibility index (Phi) is 11.3. The van der Waals surface area contributed by atoms with Crippen molar-refractivity contribution in [3.8, 4) is 5.75 Å². The predicted molar refractivity (Wildman–Crippen MR) is 187 cm³/mol. The Morgan fingerprint density at radius 2 is 1.67 bits per heavy atom. The fourth-order valence-electron chi connectivity index (χ4n) is 7.33. The van der Waals surface area contributed by atoms with Crippen LogP contribution in [0, 0.1) is 18.8 Å². The first-order chi connectivity index (χ1) is 22.5. The number of aromatic nitrogens is 2. The van der Waals surface area contributed by atoms with E-state index in [9.17, 15) is 4.79 Å². The number of imidazole rings is 1. The van der Waals surface area contributed by atoms with Crippen molar-refractivity contribution >= 4 is 28.5 Å². The first kappa shape index (κ1) is 32.6. The highest BCUT2D eigenvalue weighted by Gasteiger charge is 2.27. The lowest BCUT2D eigenvalue weighted by atomic mass is 9.90. The first-order valence-corrected chi connectivity index (χ1v) is 17.8. The van der Waals surface area contributed by atoms with E-state index in [4.69, 9.17) is 21.3 Å². The van der Waals surface area contributed by atoms with Gasteiger partial charge < -0.3 is 19.1 Å². The molecule has 6 rings (SSSR count). The van der Waals surface area contributed by atoms with Crippen LogP contribution >= 0.6 is 11.6 Å². The van der Waals surface area contributed by atoms with Gasteiger partial charge in [0.25, 0.3) is 0 Å². The zero-order valence-corrected chi connectivity index (χ0v) is 28.1. The van der Waals surface area contributed by atoms with E-state index >= 15 is 0 Å². The normalized spacial score (nSPS) is 17.0. The van der Waals surface area contributed by atoms with Gasteiger partial charge in [0, 0.05) is 30.6 Å². The quantitative estimate of drug-likeness (QED) is 0.147. The second-order valence-electron chi connectivity index (χ2n) is 13.4. The van der Waals surface area contributed by atoms with E-state index < -0.39 is 0 Å². The molecule has 0 spiro atoms. The Bertz CT molecular complexity index is 1540. The van der Waals surface area contributed by atoms with Crippen LogP contribution in [-0.2, 0) is 24.4 Å². The number of halogens is 1. The van der Waals surface area contributed by atoms with Crippen LogP contribution in [0.4, 0.5) is 0 Å². The van der Waals surface area contributed by atoms with E-state index in [0.29, 0.717) is 17.5 Å². The number of aryl methyl sites for hydroxylation is 2. The van der Waals surface area contributed by atoms with Gasteiger partial charge in [0.1, 0.15) is 18.2 Å². The van der Waals surface area contributed by atoms with Crippen molar-refractivity contribution in [2.45, 2.75) is 77.9 Å². The molecule has 1 amide bonds. The van der Waals surface area contributed by atoms with Crippen LogP contribution in [-0.4, -0.2) is 58.0 Å². The van der Waals surface area contributed by atoms with E-state index in [1.54, 1.807) is 0 Å². The molecule has 1 aromatic heterocycles. The molecule has 0 aliphatic carbocycles. The number of ether oxygens (including phenoxy) is 1. The molecule has 0 radical (unpaired) electrons. The van der Waals surface area contributed by atoms with Crippen LogP contribution in [0.1, 0.15) is 68.3 Å². The highest BCUT2D eigenvalue weighted by Crippen LogP contribution is 2.27. The molecule has 2 aliphatic heterocycles. The van der Waals surface area contributed by atoms with Crippen molar-refractivity contribution in [2.24, 2.45) is 11.8 Å². The molecule has 0 bridgehead atoms. The van der Waals surface area contributed by atoms with Gasteiger partial charge in [-0.25, -0.2) is 4.98 Å². The van der Waals surface area contributed by atoms with Crippen molar-refractivity contribution in [1.29, 1.82) is 0 Å². The fraction of sp³-hybridized carbons (Fsp3) is 0.487. The number of hydrogen-bond donors (Lipinski definition) is 0. The van der Waals surface area contributed by atoms with E-state index in [1.165, 1.54) is 42.3 Å². The second kappa shape index (κ2) is 16.0. The summed E-state index contributed by atoms with van der Waals surface area (Å²) in [5.41, 5.74) is 4.72. The molecule has 4 aromatic rings. The summed E-state index contributed by atoms with van der Waals surface area (Å²) in [4.78, 5) is 23.3. The largest absolute Gasteiger partial charge is 0.486 e. The van der Waals surface area contributed by atoms with Crippen LogP contribution in [0.25, 0.3) is 11.0 Å². The highest BCUT2D eigenvalue weighted by atomic mass is 35.5. The molecular weight excluding hydrogens is 592 g/mol. The molecular formula is C39H49ClN4O2. The average Bonchev–Trinajstić information content (AvgIpc) is 3.46. The molecule has 6 nitrogen and oxygen atoms in total. The van der Waals surface area contributed by atoms with Gasteiger partial charge in [-0.2, -0.15) is 0 Å². The van der Waals surface area contributed by atoms with Gasteiger partial charge in [-0.1, -0.05) is 54.1 Å². The molecule has 1 unspecified atom stereocenters. The lowest BCUT2D eigenvalue weighted by Crippen LogP contribution is -2.42. The van der Waals surface area contributed by atoms with Crippen molar-refractivity contribution in [1.82, 2.24) is 19.4 Å². The van der Waals surface area contributed by atoms with Crippen molar-refractivity contribution < 1.29 is 9.53 Å². The summed E-state index contributed by atoms with van der Waals surface area (Å²) in [7, 11) is 0. The Labute approximate surface area is 279 Å². The maximum atomic E-state index is 13.6. The van der Waals surface area contributed by atoms with Crippen molar-refractivity contribution in [3.63, 3.8) is 0 Å². The molecule has 2 aliphatic rings. The fourth-order valence-corrected chi connectivity index (χ4v) is 7.46. The van der Waals surface area contributed by atoms with Gasteiger partial charge >= 0.3 is 0 Å². The zero-order chi connectivity index (χ0) is 31.7. The van der Waals surface area contributed by atoms with Gasteiger partial charge in [0.05, 0.1) is 11.0 Å². The number of para-hydroxylation sites is 1. The molecule has 0 saturated carbocycles. The number of carbonyl (C=O) groups excluding carboxylic acids is 1. The lowest BCUT2D eigenvalue weighted by molar-refractivity contribution is -0.136. The molecule has 46 heavy (non-hydrogen) atoms. The number of hydrogen-bond acceptors (Lipinski definition) is 4. The van der Waals surface area contributed by atoms with E-state index in [0.717, 1.165) is 94.4 Å². The Balaban J connectivity index is 0.998. The molecule has 7 heteroatoms. The maximum absolute atomic E-state index is 13.6. The summed E-state index contributed by atoms with van der Waals surface area (Å²) in [6.07, 6.45) is 10.2. The van der Waals surface area contributed by atoms with Crippen LogP contribution < -0.4 is 4.74 Å². The van der Waals surface area contributed by atoms with Crippen LogP contribution in [0.2, 0.25) is 5.02 Å². The topological polar surface area (TPSA) is 50.6 Å². The Hall–Kier alpha value is -3.35. The van der Waals surface area contributed by atoms with Crippen LogP contribution in [0.15, 0.2) is 72.8 Å². The Morgan fingerprint density at radius 1 is 0.913 bits per heavy atom. The number of nitrogens with zero attached hydrogens (tertiary/aromatic N) is 4.